The molecular weight excluding hydrogens is 455 g/mol. The minimum atomic E-state index is -0.712. The van der Waals surface area contributed by atoms with Crippen LogP contribution < -0.4 is 5.73 Å². The van der Waals surface area contributed by atoms with Crippen molar-refractivity contribution in [3.05, 3.63) is 57.8 Å². The van der Waals surface area contributed by atoms with Crippen molar-refractivity contribution >= 4 is 39.4 Å². The molecule has 0 bridgehead atoms. The molecule has 0 amide bonds. The van der Waals surface area contributed by atoms with E-state index in [9.17, 15) is 8.78 Å². The van der Waals surface area contributed by atoms with Gasteiger partial charge in [0.15, 0.2) is 5.82 Å². The van der Waals surface area contributed by atoms with Crippen molar-refractivity contribution in [3.8, 4) is 5.69 Å². The monoisotopic (exact) mass is 467 g/mol. The van der Waals surface area contributed by atoms with E-state index in [2.05, 4.69) is 42.9 Å². The summed E-state index contributed by atoms with van der Waals surface area (Å²) in [5.74, 6) is -0.955. The first-order valence-corrected chi connectivity index (χ1v) is 8.67. The number of benzene rings is 1. The van der Waals surface area contributed by atoms with Crippen molar-refractivity contribution in [3.63, 3.8) is 0 Å². The Morgan fingerprint density at radius 2 is 2.00 bits per heavy atom. The topological polar surface area (TPSA) is 87.4 Å². The molecule has 0 spiro atoms. The van der Waals surface area contributed by atoms with Gasteiger partial charge in [-0.15, -0.1) is 5.10 Å². The summed E-state index contributed by atoms with van der Waals surface area (Å²) in [5.41, 5.74) is 7.34. The first kappa shape index (κ1) is 16.8. The molecule has 0 radical (unpaired) electrons. The summed E-state index contributed by atoms with van der Waals surface area (Å²) >= 11 is 2.17. The maximum absolute atomic E-state index is 14.0. The molecule has 4 rings (SSSR count). The van der Waals surface area contributed by atoms with Gasteiger partial charge >= 0.3 is 0 Å². The largest absolute Gasteiger partial charge is 0.383 e. The zero-order valence-corrected chi connectivity index (χ0v) is 15.6. The first-order chi connectivity index (χ1) is 12.5. The fraction of sp³-hybridized carbons (Fsp3) is 0.125. The minimum absolute atomic E-state index is 0.121. The maximum Gasteiger partial charge on any atom is 0.151 e. The lowest BCUT2D eigenvalue weighted by atomic mass is 10.2. The van der Waals surface area contributed by atoms with Gasteiger partial charge in [0.2, 0.25) is 0 Å². The number of anilines is 1. The number of hydrogen-bond donors (Lipinski definition) is 1. The second kappa shape index (κ2) is 6.27. The van der Waals surface area contributed by atoms with Crippen LogP contribution >= 0.6 is 22.6 Å². The highest BCUT2D eigenvalue weighted by atomic mass is 127. The molecule has 0 fully saturated rings. The normalized spacial score (nSPS) is 12.6. The quantitative estimate of drug-likeness (QED) is 0.468. The van der Waals surface area contributed by atoms with Crippen molar-refractivity contribution in [1.29, 1.82) is 0 Å². The molecular formula is C16H12F2IN7. The molecule has 2 N–H and O–H groups in total. The second-order valence-corrected chi connectivity index (χ2v) is 6.86. The minimum Gasteiger partial charge on any atom is -0.383 e. The van der Waals surface area contributed by atoms with Gasteiger partial charge in [-0.05, 0) is 41.6 Å². The van der Waals surface area contributed by atoms with E-state index >= 15 is 0 Å². The molecule has 7 nitrogen and oxygen atoms in total. The fourth-order valence-corrected chi connectivity index (χ4v) is 3.57. The average molecular weight is 467 g/mol. The van der Waals surface area contributed by atoms with E-state index in [0.717, 1.165) is 15.0 Å². The van der Waals surface area contributed by atoms with Crippen LogP contribution in [0.5, 0.6) is 0 Å². The molecule has 0 aliphatic heterocycles. The van der Waals surface area contributed by atoms with Crippen molar-refractivity contribution in [2.24, 2.45) is 0 Å². The second-order valence-electron chi connectivity index (χ2n) is 5.70. The standard InChI is InChI=1S/C16H12F2IN7/c1-8(25-5-11(19)14-15(20)21-7-22-16(14)25)12-6-26(24-23-12)13-3-2-9(17)4-10(13)18/h2-8H,1H3,(H2,20,21,22). The van der Waals surface area contributed by atoms with Gasteiger partial charge < -0.3 is 10.3 Å². The van der Waals surface area contributed by atoms with Gasteiger partial charge in [-0.2, -0.15) is 0 Å². The number of fused-ring (bicyclic) bond motifs is 1. The Labute approximate surface area is 160 Å². The van der Waals surface area contributed by atoms with Crippen LogP contribution in [0.25, 0.3) is 16.7 Å². The van der Waals surface area contributed by atoms with E-state index in [1.165, 1.54) is 23.1 Å². The zero-order chi connectivity index (χ0) is 18.4. The Morgan fingerprint density at radius 1 is 1.19 bits per heavy atom. The summed E-state index contributed by atoms with van der Waals surface area (Å²) in [4.78, 5) is 8.33. The van der Waals surface area contributed by atoms with Crippen molar-refractivity contribution in [2.75, 3.05) is 5.73 Å². The molecule has 0 aliphatic carbocycles. The Hall–Kier alpha value is -2.63. The van der Waals surface area contributed by atoms with Gasteiger partial charge in [-0.25, -0.2) is 23.4 Å². The fourth-order valence-electron chi connectivity index (χ4n) is 2.75. The van der Waals surface area contributed by atoms with Crippen molar-refractivity contribution in [1.82, 2.24) is 29.5 Å². The molecule has 1 aromatic carbocycles. The van der Waals surface area contributed by atoms with Gasteiger partial charge in [0.25, 0.3) is 0 Å². The van der Waals surface area contributed by atoms with Gasteiger partial charge in [0, 0.05) is 15.8 Å². The van der Waals surface area contributed by atoms with Crippen LogP contribution in [0.15, 0.2) is 36.9 Å². The van der Waals surface area contributed by atoms with E-state index in [1.807, 2.05) is 17.7 Å². The molecule has 1 unspecified atom stereocenters. The predicted octanol–water partition coefficient (Wildman–Crippen LogP) is 3.09. The molecule has 3 aromatic heterocycles. The van der Waals surface area contributed by atoms with E-state index in [0.29, 0.717) is 17.2 Å². The highest BCUT2D eigenvalue weighted by Gasteiger charge is 2.19. The highest BCUT2D eigenvalue weighted by Crippen LogP contribution is 2.29. The number of nitrogens with zero attached hydrogens (tertiary/aromatic N) is 6. The summed E-state index contributed by atoms with van der Waals surface area (Å²) in [6, 6.07) is 3.06. The van der Waals surface area contributed by atoms with Crippen LogP contribution in [0.3, 0.4) is 0 Å². The number of aromatic nitrogens is 6. The molecule has 0 aliphatic rings. The van der Waals surface area contributed by atoms with E-state index in [4.69, 9.17) is 5.73 Å². The predicted molar refractivity (Wildman–Crippen MR) is 99.7 cm³/mol. The van der Waals surface area contributed by atoms with E-state index in [-0.39, 0.29) is 11.7 Å². The Morgan fingerprint density at radius 3 is 2.77 bits per heavy atom. The number of halogens is 3. The van der Waals surface area contributed by atoms with Gasteiger partial charge in [-0.1, -0.05) is 5.21 Å². The molecule has 0 saturated heterocycles. The molecule has 3 heterocycles. The van der Waals surface area contributed by atoms with Crippen molar-refractivity contribution in [2.45, 2.75) is 13.0 Å². The summed E-state index contributed by atoms with van der Waals surface area (Å²) in [6.07, 6.45) is 4.91. The summed E-state index contributed by atoms with van der Waals surface area (Å²) in [6.45, 7) is 1.92. The molecule has 0 saturated carbocycles. The van der Waals surface area contributed by atoms with Gasteiger partial charge in [0.05, 0.1) is 17.6 Å². The lowest BCUT2D eigenvalue weighted by molar-refractivity contribution is 0.571. The Bertz CT molecular complexity index is 1120. The lowest BCUT2D eigenvalue weighted by Crippen LogP contribution is -2.07. The average Bonchev–Trinajstić information content (AvgIpc) is 3.20. The van der Waals surface area contributed by atoms with Gasteiger partial charge in [0.1, 0.15) is 35.0 Å². The van der Waals surface area contributed by atoms with Crippen LogP contribution in [-0.2, 0) is 0 Å². The number of rotatable bonds is 3. The van der Waals surface area contributed by atoms with Crippen LogP contribution in [0.2, 0.25) is 0 Å². The maximum atomic E-state index is 14.0. The molecule has 10 heteroatoms. The van der Waals surface area contributed by atoms with Gasteiger partial charge in [-0.3, -0.25) is 0 Å². The smallest absolute Gasteiger partial charge is 0.151 e. The molecule has 1 atom stereocenters. The van der Waals surface area contributed by atoms with Crippen molar-refractivity contribution < 1.29 is 8.78 Å². The Kier molecular flexibility index (Phi) is 4.05. The van der Waals surface area contributed by atoms with Crippen LogP contribution in [0.4, 0.5) is 14.6 Å². The summed E-state index contributed by atoms with van der Waals surface area (Å²) in [7, 11) is 0. The highest BCUT2D eigenvalue weighted by molar-refractivity contribution is 14.1. The summed E-state index contributed by atoms with van der Waals surface area (Å²) < 4.78 is 31.2. The number of nitrogen functional groups attached to an aromatic ring is 1. The third-order valence-electron chi connectivity index (χ3n) is 4.11. The number of hydrogen-bond acceptors (Lipinski definition) is 5. The molecule has 4 aromatic rings. The van der Waals surface area contributed by atoms with Crippen LogP contribution in [0, 0.1) is 15.2 Å². The lowest BCUT2D eigenvalue weighted by Gasteiger charge is -2.11. The summed E-state index contributed by atoms with van der Waals surface area (Å²) in [5, 5.41) is 8.86. The van der Waals surface area contributed by atoms with Crippen LogP contribution in [0.1, 0.15) is 18.7 Å². The molecule has 26 heavy (non-hydrogen) atoms. The van der Waals surface area contributed by atoms with Crippen LogP contribution in [-0.4, -0.2) is 29.5 Å². The number of nitrogens with two attached hydrogens (primary N) is 1. The SMILES string of the molecule is CC(c1cn(-c2ccc(F)cc2F)nn1)n1cc(I)c2c(N)ncnc21. The third-order valence-corrected chi connectivity index (χ3v) is 4.92. The molecule has 132 valence electrons. The first-order valence-electron chi connectivity index (χ1n) is 7.60. The zero-order valence-electron chi connectivity index (χ0n) is 13.4. The van der Waals surface area contributed by atoms with E-state index in [1.54, 1.807) is 6.20 Å². The van der Waals surface area contributed by atoms with E-state index < -0.39 is 11.6 Å². The Balaban J connectivity index is 1.76. The third kappa shape index (κ3) is 2.69.